The number of primary amides is 1. The summed E-state index contributed by atoms with van der Waals surface area (Å²) in [5, 5.41) is 9.92. The van der Waals surface area contributed by atoms with Crippen LogP contribution < -0.4 is 10.5 Å². The van der Waals surface area contributed by atoms with Gasteiger partial charge in [-0.2, -0.15) is 4.90 Å². The van der Waals surface area contributed by atoms with Crippen LogP contribution >= 0.6 is 35.3 Å². The number of hydrogen-bond acceptors (Lipinski definition) is 8. The van der Waals surface area contributed by atoms with Crippen molar-refractivity contribution in [3.63, 3.8) is 0 Å². The first-order valence-electron chi connectivity index (χ1n) is 8.36. The number of amides is 4. The molecule has 8 nitrogen and oxygen atoms in total. The van der Waals surface area contributed by atoms with Crippen molar-refractivity contribution in [2.75, 3.05) is 6.61 Å². The lowest BCUT2D eigenvalue weighted by Gasteiger charge is -2.30. The standard InChI is InChI=1S/C17H15N3O5S3/c1-2-25-8-5-6(3-4-7(8)21)9-10-12(15(23)20(14(10)22)16(18)24)27-13-11(9)28-17(26)19-13/h3-5,9-10,12,21H,2H2,1H3,(H2,18,24)(H,19,26). The average Bonchev–Trinajstić information content (AvgIpc) is 3.12. The molecule has 1 saturated heterocycles. The quantitative estimate of drug-likeness (QED) is 0.498. The summed E-state index contributed by atoms with van der Waals surface area (Å²) in [5.74, 6) is -2.34. The molecule has 146 valence electrons. The number of thiazole rings is 1. The molecule has 1 aromatic heterocycles. The molecule has 2 aromatic rings. The zero-order valence-electron chi connectivity index (χ0n) is 14.5. The van der Waals surface area contributed by atoms with E-state index in [4.69, 9.17) is 22.7 Å². The van der Waals surface area contributed by atoms with Crippen LogP contribution in [0, 0.1) is 9.87 Å². The van der Waals surface area contributed by atoms with E-state index in [1.807, 2.05) is 0 Å². The van der Waals surface area contributed by atoms with Gasteiger partial charge in [-0.3, -0.25) is 9.59 Å². The number of phenols is 1. The molecule has 0 aliphatic carbocycles. The second kappa shape index (κ2) is 6.90. The van der Waals surface area contributed by atoms with Crippen molar-refractivity contribution in [1.82, 2.24) is 9.88 Å². The van der Waals surface area contributed by atoms with E-state index in [-0.39, 0.29) is 11.5 Å². The lowest BCUT2D eigenvalue weighted by atomic mass is 9.83. The third-order valence-electron chi connectivity index (χ3n) is 4.69. The van der Waals surface area contributed by atoms with Gasteiger partial charge in [0, 0.05) is 10.8 Å². The maximum Gasteiger partial charge on any atom is 0.328 e. The van der Waals surface area contributed by atoms with Gasteiger partial charge in [0.05, 0.1) is 17.6 Å². The Balaban J connectivity index is 1.89. The number of imide groups is 3. The number of aromatic hydroxyl groups is 1. The number of ether oxygens (including phenoxy) is 1. The van der Waals surface area contributed by atoms with Gasteiger partial charge in [0.25, 0.3) is 5.91 Å². The topological polar surface area (TPSA) is 126 Å². The third kappa shape index (κ3) is 2.81. The molecule has 2 aliphatic heterocycles. The highest BCUT2D eigenvalue weighted by molar-refractivity contribution is 8.00. The fourth-order valence-electron chi connectivity index (χ4n) is 3.59. The first kappa shape index (κ1) is 19.0. The van der Waals surface area contributed by atoms with Crippen LogP contribution in [-0.2, 0) is 9.59 Å². The summed E-state index contributed by atoms with van der Waals surface area (Å²) in [5.41, 5.74) is 5.94. The fraction of sp³-hybridized carbons (Fsp3) is 0.294. The molecular formula is C17H15N3O5S3. The number of carbonyl (C=O) groups excluding carboxylic acids is 3. The number of hydrogen-bond donors (Lipinski definition) is 3. The number of thioether (sulfide) groups is 1. The molecule has 3 atom stereocenters. The molecule has 3 heterocycles. The summed E-state index contributed by atoms with van der Waals surface area (Å²) in [6.45, 7) is 2.14. The smallest absolute Gasteiger partial charge is 0.328 e. The van der Waals surface area contributed by atoms with Gasteiger partial charge in [0.1, 0.15) is 5.25 Å². The van der Waals surface area contributed by atoms with Gasteiger partial charge in [0.15, 0.2) is 15.5 Å². The second-order valence-electron chi connectivity index (χ2n) is 6.26. The first-order valence-corrected chi connectivity index (χ1v) is 10.5. The predicted octanol–water partition coefficient (Wildman–Crippen LogP) is 2.58. The summed E-state index contributed by atoms with van der Waals surface area (Å²) in [6, 6.07) is 3.72. The number of urea groups is 1. The van der Waals surface area contributed by atoms with Crippen LogP contribution in [0.4, 0.5) is 4.79 Å². The average molecular weight is 438 g/mol. The monoisotopic (exact) mass is 437 g/mol. The van der Waals surface area contributed by atoms with Crippen molar-refractivity contribution in [2.24, 2.45) is 11.7 Å². The van der Waals surface area contributed by atoms with Crippen LogP contribution in [-0.4, -0.2) is 44.7 Å². The molecule has 0 radical (unpaired) electrons. The van der Waals surface area contributed by atoms with Gasteiger partial charge < -0.3 is 20.6 Å². The van der Waals surface area contributed by atoms with E-state index in [2.05, 4.69) is 4.98 Å². The zero-order valence-corrected chi connectivity index (χ0v) is 17.0. The number of rotatable bonds is 3. The van der Waals surface area contributed by atoms with Gasteiger partial charge in [0.2, 0.25) is 5.91 Å². The molecule has 2 aliphatic rings. The Bertz CT molecular complexity index is 1060. The molecule has 0 spiro atoms. The summed E-state index contributed by atoms with van der Waals surface area (Å²) < 4.78 is 5.99. The van der Waals surface area contributed by atoms with Crippen LogP contribution in [0.25, 0.3) is 0 Å². The van der Waals surface area contributed by atoms with Crippen LogP contribution in [0.3, 0.4) is 0 Å². The third-order valence-corrected chi connectivity index (χ3v) is 7.44. The number of benzene rings is 1. The van der Waals surface area contributed by atoms with E-state index in [9.17, 15) is 19.5 Å². The number of carbonyl (C=O) groups is 3. The van der Waals surface area contributed by atoms with Crippen molar-refractivity contribution in [3.05, 3.63) is 32.6 Å². The van der Waals surface area contributed by atoms with Gasteiger partial charge in [-0.15, -0.1) is 11.3 Å². The van der Waals surface area contributed by atoms with E-state index in [0.717, 1.165) is 4.88 Å². The highest BCUT2D eigenvalue weighted by Crippen LogP contribution is 2.54. The minimum atomic E-state index is -1.08. The minimum absolute atomic E-state index is 0.0261. The number of fused-ring (bicyclic) bond motifs is 2. The largest absolute Gasteiger partial charge is 0.504 e. The molecule has 3 unspecified atom stereocenters. The number of aromatic amines is 1. The molecule has 11 heteroatoms. The molecule has 4 amide bonds. The van der Waals surface area contributed by atoms with E-state index in [0.29, 0.717) is 26.1 Å². The van der Waals surface area contributed by atoms with Crippen molar-refractivity contribution in [2.45, 2.75) is 23.1 Å². The summed E-state index contributed by atoms with van der Waals surface area (Å²) >= 11 is 7.76. The minimum Gasteiger partial charge on any atom is -0.504 e. The van der Waals surface area contributed by atoms with Crippen LogP contribution in [0.2, 0.25) is 0 Å². The molecule has 1 aromatic carbocycles. The Morgan fingerprint density at radius 3 is 2.82 bits per heavy atom. The maximum atomic E-state index is 12.9. The van der Waals surface area contributed by atoms with E-state index < -0.39 is 34.9 Å². The highest BCUT2D eigenvalue weighted by atomic mass is 32.2. The Morgan fingerprint density at radius 1 is 1.39 bits per heavy atom. The number of nitrogens with zero attached hydrogens (tertiary/aromatic N) is 1. The first-order chi connectivity index (χ1) is 13.3. The van der Waals surface area contributed by atoms with Crippen molar-refractivity contribution in [3.8, 4) is 11.5 Å². The van der Waals surface area contributed by atoms with E-state index >= 15 is 0 Å². The van der Waals surface area contributed by atoms with E-state index in [1.54, 1.807) is 19.1 Å². The zero-order chi connectivity index (χ0) is 20.2. The lowest BCUT2D eigenvalue weighted by molar-refractivity contribution is -0.135. The Kier molecular flexibility index (Phi) is 4.68. The van der Waals surface area contributed by atoms with Crippen LogP contribution in [0.5, 0.6) is 11.5 Å². The SMILES string of the molecule is CCOc1cc(C2c3sc(=S)[nH]c3SC3C(=O)N(C(N)=O)C(=O)C32)ccc1O. The summed E-state index contributed by atoms with van der Waals surface area (Å²) in [6.07, 6.45) is 0. The summed E-state index contributed by atoms with van der Waals surface area (Å²) in [7, 11) is 0. The number of aromatic nitrogens is 1. The molecule has 0 bridgehead atoms. The second-order valence-corrected chi connectivity index (χ2v) is 9.13. The molecule has 4 rings (SSSR count). The number of nitrogens with one attached hydrogen (secondary N) is 1. The fourth-order valence-corrected chi connectivity index (χ4v) is 6.55. The van der Waals surface area contributed by atoms with E-state index in [1.165, 1.54) is 29.2 Å². The van der Waals surface area contributed by atoms with Crippen molar-refractivity contribution >= 4 is 53.2 Å². The number of H-pyrrole nitrogens is 1. The van der Waals surface area contributed by atoms with Crippen LogP contribution in [0.1, 0.15) is 23.3 Å². The molecule has 4 N–H and O–H groups in total. The van der Waals surface area contributed by atoms with Gasteiger partial charge >= 0.3 is 6.03 Å². The highest BCUT2D eigenvalue weighted by Gasteiger charge is 2.57. The predicted molar refractivity (Wildman–Crippen MR) is 105 cm³/mol. The van der Waals surface area contributed by atoms with Gasteiger partial charge in [-0.1, -0.05) is 17.8 Å². The van der Waals surface area contributed by atoms with Crippen molar-refractivity contribution in [1.29, 1.82) is 0 Å². The number of likely N-dealkylation sites (tertiary alicyclic amines) is 1. The Morgan fingerprint density at radius 2 is 2.14 bits per heavy atom. The molecular weight excluding hydrogens is 422 g/mol. The Labute approximate surface area is 172 Å². The molecule has 28 heavy (non-hydrogen) atoms. The normalized spacial score (nSPS) is 23.5. The van der Waals surface area contributed by atoms with Crippen molar-refractivity contribution < 1.29 is 24.2 Å². The Hall–Kier alpha value is -2.37. The molecule has 1 fully saturated rings. The van der Waals surface area contributed by atoms with Crippen LogP contribution in [0.15, 0.2) is 23.2 Å². The number of phenolic OH excluding ortho intramolecular Hbond substituents is 1. The number of nitrogens with two attached hydrogens (primary N) is 1. The molecule has 0 saturated carbocycles. The van der Waals surface area contributed by atoms with Gasteiger partial charge in [-0.25, -0.2) is 4.79 Å². The summed E-state index contributed by atoms with van der Waals surface area (Å²) in [4.78, 5) is 41.7. The van der Waals surface area contributed by atoms with Gasteiger partial charge in [-0.05, 0) is 36.8 Å². The maximum absolute atomic E-state index is 12.9. The lowest BCUT2D eigenvalue weighted by Crippen LogP contribution is -2.41.